The molecule has 1 aromatic carbocycles. The number of rotatable bonds is 5. The number of aromatic nitrogens is 2. The van der Waals surface area contributed by atoms with Crippen LogP contribution in [0.3, 0.4) is 0 Å². The Morgan fingerprint density at radius 1 is 1.39 bits per heavy atom. The van der Waals surface area contributed by atoms with Gasteiger partial charge < -0.3 is 10.1 Å². The fraction of sp³-hybridized carbons (Fsp3) is 0.385. The molecule has 2 aromatic rings. The fourth-order valence-electron chi connectivity index (χ4n) is 1.62. The lowest BCUT2D eigenvalue weighted by Crippen LogP contribution is -1.98. The molecule has 1 aromatic heterocycles. The molecule has 0 amide bonds. The average Bonchev–Trinajstić information content (AvgIpc) is 2.84. The molecule has 0 aliphatic heterocycles. The van der Waals surface area contributed by atoms with Gasteiger partial charge in [0.15, 0.2) is 5.82 Å². The maximum atomic E-state index is 5.38. The van der Waals surface area contributed by atoms with Crippen molar-refractivity contribution in [3.63, 3.8) is 0 Å². The van der Waals surface area contributed by atoms with Crippen LogP contribution in [0.1, 0.15) is 18.9 Å². The van der Waals surface area contributed by atoms with Gasteiger partial charge in [0.05, 0.1) is 12.7 Å². The Morgan fingerprint density at radius 2 is 2.22 bits per heavy atom. The SMILES string of the molecule is CCCNc1nc(-c2ccc(C)cc2OC)ns1. The van der Waals surface area contributed by atoms with Gasteiger partial charge in [-0.3, -0.25) is 0 Å². The van der Waals surface area contributed by atoms with E-state index in [9.17, 15) is 0 Å². The zero-order chi connectivity index (χ0) is 13.0. The van der Waals surface area contributed by atoms with Crippen molar-refractivity contribution in [2.24, 2.45) is 0 Å². The van der Waals surface area contributed by atoms with Crippen molar-refractivity contribution in [2.45, 2.75) is 20.3 Å². The zero-order valence-electron chi connectivity index (χ0n) is 10.9. The third kappa shape index (κ3) is 2.79. The van der Waals surface area contributed by atoms with E-state index in [0.717, 1.165) is 40.8 Å². The summed E-state index contributed by atoms with van der Waals surface area (Å²) in [4.78, 5) is 4.47. The summed E-state index contributed by atoms with van der Waals surface area (Å²) >= 11 is 1.38. The van der Waals surface area contributed by atoms with Crippen LogP contribution in [0.2, 0.25) is 0 Å². The predicted octanol–water partition coefficient (Wildman–Crippen LogP) is 3.34. The van der Waals surface area contributed by atoms with E-state index in [-0.39, 0.29) is 0 Å². The molecule has 0 spiro atoms. The minimum atomic E-state index is 0.718. The standard InChI is InChI=1S/C13H17N3OS/c1-4-7-14-13-15-12(16-18-13)10-6-5-9(2)8-11(10)17-3/h5-6,8H,4,7H2,1-3H3,(H,14,15,16). The lowest BCUT2D eigenvalue weighted by atomic mass is 10.1. The number of nitrogens with one attached hydrogen (secondary N) is 1. The second-order valence-electron chi connectivity index (χ2n) is 4.05. The van der Waals surface area contributed by atoms with Crippen LogP contribution in [0.4, 0.5) is 5.13 Å². The van der Waals surface area contributed by atoms with Crippen molar-refractivity contribution in [3.05, 3.63) is 23.8 Å². The summed E-state index contributed by atoms with van der Waals surface area (Å²) in [6, 6.07) is 6.04. The Balaban J connectivity index is 2.28. The molecule has 0 aliphatic rings. The maximum Gasteiger partial charge on any atom is 0.202 e. The number of hydrogen-bond acceptors (Lipinski definition) is 5. The van der Waals surface area contributed by atoms with Crippen LogP contribution < -0.4 is 10.1 Å². The highest BCUT2D eigenvalue weighted by Gasteiger charge is 2.11. The summed E-state index contributed by atoms with van der Waals surface area (Å²) in [5.41, 5.74) is 2.10. The Bertz CT molecular complexity index is 525. The molecule has 0 atom stereocenters. The van der Waals surface area contributed by atoms with Gasteiger partial charge in [-0.05, 0) is 31.0 Å². The monoisotopic (exact) mass is 263 g/mol. The van der Waals surface area contributed by atoms with Gasteiger partial charge in [-0.1, -0.05) is 13.0 Å². The second-order valence-corrected chi connectivity index (χ2v) is 4.81. The first-order valence-electron chi connectivity index (χ1n) is 5.97. The number of nitrogens with zero attached hydrogens (tertiary/aromatic N) is 2. The Kier molecular flexibility index (Phi) is 4.15. The van der Waals surface area contributed by atoms with E-state index in [1.807, 2.05) is 25.1 Å². The molecular formula is C13H17N3OS. The molecule has 18 heavy (non-hydrogen) atoms. The van der Waals surface area contributed by atoms with Gasteiger partial charge in [-0.25, -0.2) is 0 Å². The molecule has 0 aliphatic carbocycles. The van der Waals surface area contributed by atoms with Crippen LogP contribution in [0.5, 0.6) is 5.75 Å². The van der Waals surface area contributed by atoms with E-state index < -0.39 is 0 Å². The highest BCUT2D eigenvalue weighted by molar-refractivity contribution is 7.09. The van der Waals surface area contributed by atoms with Gasteiger partial charge in [0.1, 0.15) is 5.75 Å². The molecule has 5 heteroatoms. The molecule has 4 nitrogen and oxygen atoms in total. The van der Waals surface area contributed by atoms with Crippen LogP contribution in [-0.2, 0) is 0 Å². The van der Waals surface area contributed by atoms with E-state index in [1.54, 1.807) is 7.11 Å². The van der Waals surface area contributed by atoms with E-state index >= 15 is 0 Å². The van der Waals surface area contributed by atoms with Gasteiger partial charge in [-0.15, -0.1) is 0 Å². The van der Waals surface area contributed by atoms with Gasteiger partial charge in [-0.2, -0.15) is 9.36 Å². The summed E-state index contributed by atoms with van der Waals surface area (Å²) in [5, 5.41) is 4.09. The molecule has 0 unspecified atom stereocenters. The smallest absolute Gasteiger partial charge is 0.202 e. The van der Waals surface area contributed by atoms with Crippen LogP contribution in [0.25, 0.3) is 11.4 Å². The van der Waals surface area contributed by atoms with Crippen LogP contribution >= 0.6 is 11.5 Å². The second kappa shape index (κ2) is 5.82. The van der Waals surface area contributed by atoms with E-state index in [2.05, 4.69) is 21.6 Å². The number of benzene rings is 1. The molecule has 0 saturated carbocycles. The van der Waals surface area contributed by atoms with E-state index in [0.29, 0.717) is 0 Å². The van der Waals surface area contributed by atoms with Gasteiger partial charge >= 0.3 is 0 Å². The van der Waals surface area contributed by atoms with Crippen molar-refractivity contribution in [3.8, 4) is 17.1 Å². The lowest BCUT2D eigenvalue weighted by molar-refractivity contribution is 0.416. The molecule has 2 rings (SSSR count). The van der Waals surface area contributed by atoms with Crippen molar-refractivity contribution >= 4 is 16.7 Å². The lowest BCUT2D eigenvalue weighted by Gasteiger charge is -2.06. The Labute approximate surface area is 111 Å². The highest BCUT2D eigenvalue weighted by atomic mass is 32.1. The average molecular weight is 263 g/mol. The summed E-state index contributed by atoms with van der Waals surface area (Å²) in [7, 11) is 1.67. The van der Waals surface area contributed by atoms with Crippen LogP contribution in [0.15, 0.2) is 18.2 Å². The van der Waals surface area contributed by atoms with Gasteiger partial charge in [0, 0.05) is 18.1 Å². The molecule has 1 N–H and O–H groups in total. The number of aryl methyl sites for hydroxylation is 1. The first kappa shape index (κ1) is 12.8. The number of ether oxygens (including phenoxy) is 1. The maximum absolute atomic E-state index is 5.38. The number of anilines is 1. The number of methoxy groups -OCH3 is 1. The van der Waals surface area contributed by atoms with Crippen molar-refractivity contribution in [2.75, 3.05) is 19.0 Å². The summed E-state index contributed by atoms with van der Waals surface area (Å²) in [6.45, 7) is 5.08. The van der Waals surface area contributed by atoms with E-state index in [1.165, 1.54) is 11.5 Å². The molecule has 0 saturated heterocycles. The third-order valence-electron chi connectivity index (χ3n) is 2.55. The molecule has 1 heterocycles. The zero-order valence-corrected chi connectivity index (χ0v) is 11.7. The fourth-order valence-corrected chi connectivity index (χ4v) is 2.23. The third-order valence-corrected chi connectivity index (χ3v) is 3.22. The summed E-state index contributed by atoms with van der Waals surface area (Å²) < 4.78 is 9.74. The Morgan fingerprint density at radius 3 is 2.94 bits per heavy atom. The van der Waals surface area contributed by atoms with Gasteiger partial charge in [0.25, 0.3) is 0 Å². The molecule has 96 valence electrons. The summed E-state index contributed by atoms with van der Waals surface area (Å²) in [6.07, 6.45) is 1.07. The van der Waals surface area contributed by atoms with Crippen molar-refractivity contribution < 1.29 is 4.74 Å². The molecular weight excluding hydrogens is 246 g/mol. The van der Waals surface area contributed by atoms with Crippen molar-refractivity contribution in [1.82, 2.24) is 9.36 Å². The van der Waals surface area contributed by atoms with Gasteiger partial charge in [0.2, 0.25) is 5.13 Å². The van der Waals surface area contributed by atoms with Crippen LogP contribution in [-0.4, -0.2) is 23.0 Å². The number of hydrogen-bond donors (Lipinski definition) is 1. The van der Waals surface area contributed by atoms with E-state index in [4.69, 9.17) is 4.74 Å². The predicted molar refractivity (Wildman–Crippen MR) is 75.4 cm³/mol. The minimum absolute atomic E-state index is 0.718. The summed E-state index contributed by atoms with van der Waals surface area (Å²) in [5.74, 6) is 1.53. The minimum Gasteiger partial charge on any atom is -0.496 e. The topological polar surface area (TPSA) is 47.0 Å². The molecule has 0 bridgehead atoms. The van der Waals surface area contributed by atoms with Crippen LogP contribution in [0, 0.1) is 6.92 Å². The first-order valence-corrected chi connectivity index (χ1v) is 6.74. The molecule has 0 fully saturated rings. The molecule has 0 radical (unpaired) electrons. The highest BCUT2D eigenvalue weighted by Crippen LogP contribution is 2.30. The quantitative estimate of drug-likeness (QED) is 0.898. The largest absolute Gasteiger partial charge is 0.496 e. The van der Waals surface area contributed by atoms with Crippen molar-refractivity contribution in [1.29, 1.82) is 0 Å². The normalized spacial score (nSPS) is 10.4. The first-order chi connectivity index (χ1) is 8.74. The Hall–Kier alpha value is -1.62.